The molecule has 0 bridgehead atoms. The first-order chi connectivity index (χ1) is 14.6. The largest absolute Gasteiger partial charge is 0.497 e. The van der Waals surface area contributed by atoms with Crippen LogP contribution in [0.4, 0.5) is 11.4 Å². The van der Waals surface area contributed by atoms with Crippen molar-refractivity contribution in [1.29, 1.82) is 0 Å². The average molecular weight is 400 g/mol. The molecule has 1 heterocycles. The van der Waals surface area contributed by atoms with Gasteiger partial charge in [-0.1, -0.05) is 36.4 Å². The van der Waals surface area contributed by atoms with Gasteiger partial charge in [0.05, 0.1) is 23.9 Å². The minimum Gasteiger partial charge on any atom is -0.497 e. The highest BCUT2D eigenvalue weighted by molar-refractivity contribution is 6.13. The van der Waals surface area contributed by atoms with Crippen molar-refractivity contribution in [3.8, 4) is 11.5 Å². The van der Waals surface area contributed by atoms with Crippen molar-refractivity contribution in [3.05, 3.63) is 89.5 Å². The molecule has 0 saturated heterocycles. The lowest BCUT2D eigenvalue weighted by Gasteiger charge is -2.18. The number of nitrogens with one attached hydrogen (secondary N) is 2. The average Bonchev–Trinajstić information content (AvgIpc) is 2.79. The second kappa shape index (κ2) is 8.53. The maximum absolute atomic E-state index is 12.8. The van der Waals surface area contributed by atoms with Gasteiger partial charge in [-0.25, -0.2) is 0 Å². The van der Waals surface area contributed by atoms with E-state index in [1.54, 1.807) is 61.7 Å². The summed E-state index contributed by atoms with van der Waals surface area (Å²) in [4.78, 5) is 25.6. The molecule has 0 aromatic heterocycles. The minimum absolute atomic E-state index is 0.168. The summed E-state index contributed by atoms with van der Waals surface area (Å²) in [6, 6.07) is 21.4. The highest BCUT2D eigenvalue weighted by Gasteiger charge is 2.19. The van der Waals surface area contributed by atoms with Gasteiger partial charge in [0.1, 0.15) is 18.1 Å². The molecule has 0 spiro atoms. The van der Waals surface area contributed by atoms with Crippen LogP contribution in [-0.4, -0.2) is 25.5 Å². The molecule has 3 aromatic rings. The van der Waals surface area contributed by atoms with Crippen molar-refractivity contribution in [3.63, 3.8) is 0 Å². The number of benzene rings is 3. The number of para-hydroxylation sites is 2. The van der Waals surface area contributed by atoms with Crippen LogP contribution in [0.2, 0.25) is 0 Å². The lowest BCUT2D eigenvalue weighted by molar-refractivity contribution is -0.113. The second-order valence-corrected chi connectivity index (χ2v) is 6.68. The van der Waals surface area contributed by atoms with Gasteiger partial charge < -0.3 is 20.1 Å². The number of amides is 2. The SMILES string of the molecule is COc1cccc(NC(=O)c2ccccc2NC(=O)C2=Cc3ccccc3OC2)c1. The van der Waals surface area contributed by atoms with Crippen LogP contribution in [0.5, 0.6) is 11.5 Å². The Morgan fingerprint density at radius 3 is 2.57 bits per heavy atom. The van der Waals surface area contributed by atoms with Gasteiger partial charge in [0.2, 0.25) is 0 Å². The maximum Gasteiger partial charge on any atom is 0.257 e. The Bertz CT molecular complexity index is 1140. The van der Waals surface area contributed by atoms with Gasteiger partial charge in [-0.3, -0.25) is 9.59 Å². The molecule has 0 aliphatic carbocycles. The van der Waals surface area contributed by atoms with Crippen LogP contribution in [0.1, 0.15) is 15.9 Å². The summed E-state index contributed by atoms with van der Waals surface area (Å²) in [7, 11) is 1.56. The summed E-state index contributed by atoms with van der Waals surface area (Å²) in [5.74, 6) is 0.732. The van der Waals surface area contributed by atoms with Gasteiger partial charge in [0, 0.05) is 17.3 Å². The number of methoxy groups -OCH3 is 1. The van der Waals surface area contributed by atoms with Crippen LogP contribution in [0.15, 0.2) is 78.4 Å². The zero-order valence-electron chi connectivity index (χ0n) is 16.3. The number of anilines is 2. The van der Waals surface area contributed by atoms with Crippen LogP contribution in [0.25, 0.3) is 6.08 Å². The Morgan fingerprint density at radius 2 is 1.70 bits per heavy atom. The molecule has 4 rings (SSSR count). The Kier molecular flexibility index (Phi) is 5.48. The molecular weight excluding hydrogens is 380 g/mol. The Balaban J connectivity index is 1.53. The number of carbonyl (C=O) groups is 2. The van der Waals surface area contributed by atoms with Crippen LogP contribution >= 0.6 is 0 Å². The first-order valence-electron chi connectivity index (χ1n) is 9.42. The summed E-state index contributed by atoms with van der Waals surface area (Å²) < 4.78 is 10.8. The third-order valence-corrected chi connectivity index (χ3v) is 4.67. The van der Waals surface area contributed by atoms with E-state index in [1.165, 1.54) is 0 Å². The topological polar surface area (TPSA) is 76.7 Å². The van der Waals surface area contributed by atoms with Crippen molar-refractivity contribution < 1.29 is 19.1 Å². The molecule has 0 atom stereocenters. The molecule has 30 heavy (non-hydrogen) atoms. The summed E-state index contributed by atoms with van der Waals surface area (Å²) >= 11 is 0. The molecule has 3 aromatic carbocycles. The molecule has 0 unspecified atom stereocenters. The molecule has 2 N–H and O–H groups in total. The molecule has 0 fully saturated rings. The van der Waals surface area contributed by atoms with Crippen molar-refractivity contribution in [2.75, 3.05) is 24.4 Å². The molecular formula is C24H20N2O4. The Labute approximate surface area is 174 Å². The van der Waals surface area contributed by atoms with E-state index >= 15 is 0 Å². The van der Waals surface area contributed by atoms with Crippen molar-refractivity contribution in [1.82, 2.24) is 0 Å². The summed E-state index contributed by atoms with van der Waals surface area (Å²) in [6.07, 6.45) is 1.80. The number of hydrogen-bond donors (Lipinski definition) is 2. The monoisotopic (exact) mass is 400 g/mol. The lowest BCUT2D eigenvalue weighted by atomic mass is 10.1. The van der Waals surface area contributed by atoms with Gasteiger partial charge >= 0.3 is 0 Å². The standard InChI is InChI=1S/C24H20N2O4/c1-29-19-9-6-8-18(14-19)25-24(28)20-10-3-4-11-21(20)26-23(27)17-13-16-7-2-5-12-22(16)30-15-17/h2-14H,15H2,1H3,(H,25,28)(H,26,27). The predicted molar refractivity (Wildman–Crippen MR) is 116 cm³/mol. The molecule has 6 nitrogen and oxygen atoms in total. The summed E-state index contributed by atoms with van der Waals surface area (Å²) in [6.45, 7) is 0.168. The third-order valence-electron chi connectivity index (χ3n) is 4.67. The Morgan fingerprint density at radius 1 is 0.900 bits per heavy atom. The van der Waals surface area contributed by atoms with Crippen molar-refractivity contribution in [2.45, 2.75) is 0 Å². The van der Waals surface area contributed by atoms with E-state index in [0.29, 0.717) is 28.3 Å². The van der Waals surface area contributed by atoms with Gasteiger partial charge in [0.15, 0.2) is 0 Å². The van der Waals surface area contributed by atoms with Gasteiger partial charge in [-0.15, -0.1) is 0 Å². The number of ether oxygens (including phenoxy) is 2. The fourth-order valence-electron chi connectivity index (χ4n) is 3.14. The number of carbonyl (C=O) groups excluding carboxylic acids is 2. The van der Waals surface area contributed by atoms with Gasteiger partial charge in [-0.2, -0.15) is 0 Å². The highest BCUT2D eigenvalue weighted by atomic mass is 16.5. The van der Waals surface area contributed by atoms with E-state index in [4.69, 9.17) is 9.47 Å². The smallest absolute Gasteiger partial charge is 0.257 e. The first kappa shape index (κ1) is 19.3. The van der Waals surface area contributed by atoms with Gasteiger partial charge in [-0.05, 0) is 36.4 Å². The fourth-order valence-corrected chi connectivity index (χ4v) is 3.14. The van der Waals surface area contributed by atoms with E-state index in [-0.39, 0.29) is 18.4 Å². The molecule has 1 aliphatic heterocycles. The van der Waals surface area contributed by atoms with E-state index in [1.807, 2.05) is 24.3 Å². The zero-order valence-corrected chi connectivity index (χ0v) is 16.3. The van der Waals surface area contributed by atoms with Crippen molar-refractivity contribution >= 4 is 29.3 Å². The van der Waals surface area contributed by atoms with E-state index in [9.17, 15) is 9.59 Å². The molecule has 0 saturated carbocycles. The highest BCUT2D eigenvalue weighted by Crippen LogP contribution is 2.27. The molecule has 150 valence electrons. The van der Waals surface area contributed by atoms with E-state index in [0.717, 1.165) is 11.3 Å². The molecule has 0 radical (unpaired) electrons. The van der Waals surface area contributed by atoms with Crippen LogP contribution in [-0.2, 0) is 4.79 Å². The van der Waals surface area contributed by atoms with Gasteiger partial charge in [0.25, 0.3) is 11.8 Å². The minimum atomic E-state index is -0.335. The molecule has 2 amide bonds. The van der Waals surface area contributed by atoms with Crippen LogP contribution < -0.4 is 20.1 Å². The fraction of sp³-hybridized carbons (Fsp3) is 0.0833. The normalized spacial score (nSPS) is 12.1. The first-order valence-corrected chi connectivity index (χ1v) is 9.42. The number of rotatable bonds is 5. The number of fused-ring (bicyclic) bond motifs is 1. The Hall–Kier alpha value is -4.06. The number of hydrogen-bond acceptors (Lipinski definition) is 4. The lowest BCUT2D eigenvalue weighted by Crippen LogP contribution is -2.23. The van der Waals surface area contributed by atoms with E-state index in [2.05, 4.69) is 10.6 Å². The predicted octanol–water partition coefficient (Wildman–Crippen LogP) is 4.36. The second-order valence-electron chi connectivity index (χ2n) is 6.68. The van der Waals surface area contributed by atoms with E-state index < -0.39 is 0 Å². The quantitative estimate of drug-likeness (QED) is 0.667. The van der Waals surface area contributed by atoms with Crippen LogP contribution in [0.3, 0.4) is 0 Å². The summed E-state index contributed by atoms with van der Waals surface area (Å²) in [5, 5.41) is 5.66. The molecule has 1 aliphatic rings. The summed E-state index contributed by atoms with van der Waals surface area (Å²) in [5.41, 5.74) is 2.70. The van der Waals surface area contributed by atoms with Crippen LogP contribution in [0, 0.1) is 0 Å². The maximum atomic E-state index is 12.8. The van der Waals surface area contributed by atoms with Crippen molar-refractivity contribution in [2.24, 2.45) is 0 Å². The zero-order chi connectivity index (χ0) is 20.9. The third kappa shape index (κ3) is 4.17. The molecule has 6 heteroatoms.